The van der Waals surface area contributed by atoms with Gasteiger partial charge in [-0.3, -0.25) is 4.18 Å². The third-order valence-electron chi connectivity index (χ3n) is 6.89. The quantitative estimate of drug-likeness (QED) is 0.196. The van der Waals surface area contributed by atoms with Crippen LogP contribution in [-0.2, 0) is 13.3 Å². The minimum atomic E-state index is -3.47. The molecule has 2 fully saturated rings. The van der Waals surface area contributed by atoms with Gasteiger partial charge in [-0.2, -0.15) is 8.42 Å². The Kier molecular flexibility index (Phi) is 15.6. The average molecular weight is 477 g/mol. The molecule has 0 aromatic rings. The normalized spacial score (nSPS) is 19.1. The average Bonchev–Trinajstić information content (AvgIpc) is 2.78. The maximum atomic E-state index is 11.9. The van der Waals surface area contributed by atoms with Crippen LogP contribution >= 0.6 is 10.8 Å². The monoisotopic (exact) mass is 476 g/mol. The Bertz CT molecular complexity index is 479. The van der Waals surface area contributed by atoms with Gasteiger partial charge in [0.25, 0.3) is 0 Å². The number of hydrogen-bond donors (Lipinski definition) is 2. The minimum Gasteiger partial charge on any atom is -0.316 e. The molecule has 0 radical (unpaired) electrons. The van der Waals surface area contributed by atoms with Gasteiger partial charge in [0.05, 0.1) is 6.61 Å². The highest BCUT2D eigenvalue weighted by atomic mass is 33.1. The van der Waals surface area contributed by atoms with E-state index in [0.717, 1.165) is 42.3 Å². The molecule has 0 spiro atoms. The standard InChI is InChI=1S/C24H48N2O3S2/c27-31(28,29-21-19-25-17-9-7-15-23-11-3-1-4-12-23)30-22-20-26-18-10-8-16-24-13-5-2-6-14-24/h23-26H,1-22H2. The molecule has 2 aliphatic carbocycles. The second-order valence-electron chi connectivity index (χ2n) is 9.55. The Morgan fingerprint density at radius 1 is 0.677 bits per heavy atom. The summed E-state index contributed by atoms with van der Waals surface area (Å²) < 4.78 is 29.0. The van der Waals surface area contributed by atoms with Gasteiger partial charge in [-0.25, -0.2) is 0 Å². The highest BCUT2D eigenvalue weighted by molar-refractivity contribution is 8.70. The molecule has 0 bridgehead atoms. The van der Waals surface area contributed by atoms with E-state index in [1.54, 1.807) is 0 Å². The molecule has 0 amide bonds. The Balaban J connectivity index is 1.32. The first-order valence-corrected chi connectivity index (χ1v) is 16.0. The number of rotatable bonds is 18. The van der Waals surface area contributed by atoms with Crippen molar-refractivity contribution < 1.29 is 12.6 Å². The van der Waals surface area contributed by atoms with Crippen molar-refractivity contribution in [2.24, 2.45) is 11.8 Å². The number of nitrogens with one attached hydrogen (secondary N) is 2. The molecule has 5 nitrogen and oxygen atoms in total. The Labute approximate surface area is 196 Å². The fraction of sp³-hybridized carbons (Fsp3) is 1.00. The zero-order valence-electron chi connectivity index (χ0n) is 19.8. The van der Waals surface area contributed by atoms with Gasteiger partial charge in [-0.15, -0.1) is 0 Å². The molecule has 0 atom stereocenters. The molecule has 31 heavy (non-hydrogen) atoms. The smallest absolute Gasteiger partial charge is 0.316 e. The summed E-state index contributed by atoms with van der Waals surface area (Å²) in [6, 6.07) is 0. The zero-order chi connectivity index (χ0) is 22.0. The largest absolute Gasteiger partial charge is 0.322 e. The molecule has 0 aromatic carbocycles. The second kappa shape index (κ2) is 17.6. The molecule has 7 heteroatoms. The van der Waals surface area contributed by atoms with E-state index in [9.17, 15) is 8.42 Å². The predicted molar refractivity (Wildman–Crippen MR) is 134 cm³/mol. The summed E-state index contributed by atoms with van der Waals surface area (Å²) in [6.07, 6.45) is 21.9. The van der Waals surface area contributed by atoms with Gasteiger partial charge in [0, 0.05) is 18.8 Å². The highest BCUT2D eigenvalue weighted by Crippen LogP contribution is 2.28. The Hall–Kier alpha value is 0.180. The van der Waals surface area contributed by atoms with Crippen molar-refractivity contribution in [3.63, 3.8) is 0 Å². The van der Waals surface area contributed by atoms with E-state index in [1.165, 1.54) is 103 Å². The van der Waals surface area contributed by atoms with E-state index in [0.29, 0.717) is 12.3 Å². The van der Waals surface area contributed by atoms with Crippen LogP contribution in [0.15, 0.2) is 0 Å². The van der Waals surface area contributed by atoms with Gasteiger partial charge in [0.2, 0.25) is 0 Å². The van der Waals surface area contributed by atoms with Crippen molar-refractivity contribution in [3.05, 3.63) is 0 Å². The van der Waals surface area contributed by atoms with Gasteiger partial charge in [0.15, 0.2) is 0 Å². The lowest BCUT2D eigenvalue weighted by molar-refractivity contribution is 0.318. The second-order valence-corrected chi connectivity index (χ2v) is 13.2. The summed E-state index contributed by atoms with van der Waals surface area (Å²) in [7, 11) is -2.56. The molecule has 2 N–H and O–H groups in total. The van der Waals surface area contributed by atoms with Crippen LogP contribution in [0.25, 0.3) is 0 Å². The van der Waals surface area contributed by atoms with Gasteiger partial charge in [0.1, 0.15) is 0 Å². The third-order valence-corrected chi connectivity index (χ3v) is 9.66. The van der Waals surface area contributed by atoms with Crippen molar-refractivity contribution in [3.8, 4) is 0 Å². The molecule has 2 saturated carbocycles. The third kappa shape index (κ3) is 14.8. The Morgan fingerprint density at radius 2 is 1.19 bits per heavy atom. The summed E-state index contributed by atoms with van der Waals surface area (Å²) in [5.74, 6) is 2.46. The van der Waals surface area contributed by atoms with Crippen LogP contribution in [0, 0.1) is 11.8 Å². The zero-order valence-corrected chi connectivity index (χ0v) is 21.4. The molecule has 0 saturated heterocycles. The molecule has 0 aromatic heterocycles. The van der Waals surface area contributed by atoms with E-state index >= 15 is 0 Å². The van der Waals surface area contributed by atoms with Crippen LogP contribution in [0.1, 0.15) is 103 Å². The number of hydrogen-bond acceptors (Lipinski definition) is 6. The van der Waals surface area contributed by atoms with Crippen LogP contribution in [0.4, 0.5) is 0 Å². The summed E-state index contributed by atoms with van der Waals surface area (Å²) >= 11 is 0. The molecule has 2 rings (SSSR count). The maximum Gasteiger partial charge on any atom is 0.322 e. The lowest BCUT2D eigenvalue weighted by Gasteiger charge is -2.21. The van der Waals surface area contributed by atoms with Gasteiger partial charge in [-0.1, -0.05) is 89.9 Å². The fourth-order valence-electron chi connectivity index (χ4n) is 5.03. The van der Waals surface area contributed by atoms with E-state index < -0.39 is 9.15 Å². The predicted octanol–water partition coefficient (Wildman–Crippen LogP) is 5.66. The first kappa shape index (κ1) is 27.4. The first-order valence-electron chi connectivity index (χ1n) is 13.1. The van der Waals surface area contributed by atoms with Crippen LogP contribution in [0.2, 0.25) is 0 Å². The van der Waals surface area contributed by atoms with Crippen molar-refractivity contribution >= 4 is 19.9 Å². The molecule has 2 aliphatic rings. The van der Waals surface area contributed by atoms with E-state index in [1.807, 2.05) is 0 Å². The summed E-state index contributed by atoms with van der Waals surface area (Å²) in [6.45, 7) is 3.48. The summed E-state index contributed by atoms with van der Waals surface area (Å²) in [5, 5.41) is 6.67. The van der Waals surface area contributed by atoms with Crippen LogP contribution < -0.4 is 10.6 Å². The summed E-state index contributed by atoms with van der Waals surface area (Å²) in [5.41, 5.74) is 0. The van der Waals surface area contributed by atoms with Gasteiger partial charge >= 0.3 is 9.15 Å². The molecule has 184 valence electrons. The van der Waals surface area contributed by atoms with Crippen molar-refractivity contribution in [2.45, 2.75) is 103 Å². The fourth-order valence-corrected chi connectivity index (χ4v) is 7.09. The van der Waals surface area contributed by atoms with Crippen molar-refractivity contribution in [1.29, 1.82) is 0 Å². The van der Waals surface area contributed by atoms with Crippen LogP contribution in [0.3, 0.4) is 0 Å². The van der Waals surface area contributed by atoms with Crippen LogP contribution in [-0.4, -0.2) is 47.0 Å². The first-order chi connectivity index (χ1) is 15.2. The van der Waals surface area contributed by atoms with Crippen LogP contribution in [0.5, 0.6) is 0 Å². The molecular formula is C24H48N2O3S2. The molecular weight excluding hydrogens is 428 g/mol. The number of unbranched alkanes of at least 4 members (excludes halogenated alkanes) is 2. The van der Waals surface area contributed by atoms with Gasteiger partial charge in [-0.05, 0) is 48.6 Å². The lowest BCUT2D eigenvalue weighted by atomic mass is 9.86. The topological polar surface area (TPSA) is 67.4 Å². The van der Waals surface area contributed by atoms with Gasteiger partial charge < -0.3 is 10.6 Å². The molecule has 0 heterocycles. The minimum absolute atomic E-state index is 0.229. The Morgan fingerprint density at radius 3 is 1.74 bits per heavy atom. The summed E-state index contributed by atoms with van der Waals surface area (Å²) in [4.78, 5) is 0. The molecule has 0 unspecified atom stereocenters. The lowest BCUT2D eigenvalue weighted by Crippen LogP contribution is -2.23. The van der Waals surface area contributed by atoms with E-state index in [-0.39, 0.29) is 6.61 Å². The molecule has 0 aliphatic heterocycles. The van der Waals surface area contributed by atoms with E-state index in [4.69, 9.17) is 4.18 Å². The SMILES string of the molecule is O=S(=O)(OCCNCCCCC1CCCCC1)SCCNCCCCC1CCCCC1. The van der Waals surface area contributed by atoms with Crippen molar-refractivity contribution in [1.82, 2.24) is 10.6 Å². The van der Waals surface area contributed by atoms with E-state index in [2.05, 4.69) is 10.6 Å². The highest BCUT2D eigenvalue weighted by Gasteiger charge is 2.14. The maximum absolute atomic E-state index is 11.9. The van der Waals surface area contributed by atoms with Crippen molar-refractivity contribution in [2.75, 3.05) is 38.5 Å².